The van der Waals surface area contributed by atoms with Crippen LogP contribution in [0, 0.1) is 11.3 Å². The largest absolute Gasteiger partial charge is 0.228 e. The number of sulfone groups is 1. The number of nitriles is 1. The molecule has 1 aliphatic carbocycles. The maximum absolute atomic E-state index is 12.3. The Morgan fingerprint density at radius 2 is 1.94 bits per heavy atom. The van der Waals surface area contributed by atoms with Crippen molar-refractivity contribution in [3.63, 3.8) is 0 Å². The Balaban J connectivity index is 2.14. The molecule has 0 bridgehead atoms. The van der Waals surface area contributed by atoms with Crippen LogP contribution in [-0.4, -0.2) is 13.7 Å². The minimum Gasteiger partial charge on any atom is -0.228 e. The van der Waals surface area contributed by atoms with Gasteiger partial charge < -0.3 is 0 Å². The van der Waals surface area contributed by atoms with E-state index in [1.165, 1.54) is 0 Å². The Hall–Kier alpha value is -1.34. The monoisotopic (exact) mass is 263 g/mol. The minimum absolute atomic E-state index is 0.0627. The molecular weight excluding hydrogens is 246 g/mol. The van der Waals surface area contributed by atoms with Gasteiger partial charge in [-0.05, 0) is 30.5 Å². The van der Waals surface area contributed by atoms with E-state index in [1.807, 2.05) is 6.07 Å². The normalized spacial score (nSPS) is 17.3. The van der Waals surface area contributed by atoms with Crippen LogP contribution in [0.25, 0.3) is 0 Å². The van der Waals surface area contributed by atoms with Gasteiger partial charge in [0.15, 0.2) is 9.84 Å². The molecule has 0 spiro atoms. The van der Waals surface area contributed by atoms with Gasteiger partial charge >= 0.3 is 0 Å². The molecule has 1 fully saturated rings. The average molecular weight is 263 g/mol. The molecule has 4 heteroatoms. The lowest BCUT2D eigenvalue weighted by molar-refractivity contribution is 0.483. The second-order valence-electron chi connectivity index (χ2n) is 4.88. The van der Waals surface area contributed by atoms with Crippen LogP contribution in [0.15, 0.2) is 24.3 Å². The van der Waals surface area contributed by atoms with Gasteiger partial charge in [-0.2, -0.15) is 5.26 Å². The standard InChI is InChI=1S/C14H17NO2S/c15-10-12-5-4-6-13(9-12)11-18(16,17)14-7-2-1-3-8-14/h4-6,9,14H,1-3,7-8,11H2. The Labute approximate surface area is 108 Å². The van der Waals surface area contributed by atoms with E-state index >= 15 is 0 Å². The zero-order valence-electron chi connectivity index (χ0n) is 10.3. The first-order valence-electron chi connectivity index (χ1n) is 6.32. The van der Waals surface area contributed by atoms with Gasteiger partial charge in [0.1, 0.15) is 0 Å². The Bertz CT molecular complexity index is 551. The quantitative estimate of drug-likeness (QED) is 0.842. The molecule has 1 saturated carbocycles. The molecule has 0 saturated heterocycles. The van der Waals surface area contributed by atoms with Gasteiger partial charge in [0, 0.05) is 0 Å². The maximum Gasteiger partial charge on any atom is 0.157 e. The number of hydrogen-bond donors (Lipinski definition) is 0. The molecule has 0 radical (unpaired) electrons. The number of nitrogens with zero attached hydrogens (tertiary/aromatic N) is 1. The van der Waals surface area contributed by atoms with Crippen molar-refractivity contribution in [3.8, 4) is 6.07 Å². The van der Waals surface area contributed by atoms with Gasteiger partial charge in [0.05, 0.1) is 22.6 Å². The van der Waals surface area contributed by atoms with Crippen molar-refractivity contribution in [2.24, 2.45) is 0 Å². The molecule has 96 valence electrons. The molecule has 0 amide bonds. The molecule has 1 aromatic rings. The molecule has 0 aromatic heterocycles. The van der Waals surface area contributed by atoms with Crippen LogP contribution in [0.4, 0.5) is 0 Å². The van der Waals surface area contributed by atoms with Crippen molar-refractivity contribution >= 4 is 9.84 Å². The van der Waals surface area contributed by atoms with Gasteiger partial charge in [0.25, 0.3) is 0 Å². The van der Waals surface area contributed by atoms with Crippen molar-refractivity contribution in [2.75, 3.05) is 0 Å². The summed E-state index contributed by atoms with van der Waals surface area (Å²) in [6.07, 6.45) is 4.76. The lowest BCUT2D eigenvalue weighted by Gasteiger charge is -2.21. The van der Waals surface area contributed by atoms with Crippen LogP contribution in [0.2, 0.25) is 0 Å². The molecule has 0 unspecified atom stereocenters. The maximum atomic E-state index is 12.3. The van der Waals surface area contributed by atoms with Crippen molar-refractivity contribution in [1.29, 1.82) is 5.26 Å². The highest BCUT2D eigenvalue weighted by Gasteiger charge is 2.27. The van der Waals surface area contributed by atoms with Crippen LogP contribution in [-0.2, 0) is 15.6 Å². The fourth-order valence-corrected chi connectivity index (χ4v) is 4.44. The molecule has 0 heterocycles. The van der Waals surface area contributed by atoms with E-state index in [1.54, 1.807) is 24.3 Å². The van der Waals surface area contributed by atoms with Gasteiger partial charge in [0.2, 0.25) is 0 Å². The highest BCUT2D eigenvalue weighted by Crippen LogP contribution is 2.26. The number of hydrogen-bond acceptors (Lipinski definition) is 3. The van der Waals surface area contributed by atoms with E-state index in [9.17, 15) is 8.42 Å². The third-order valence-corrected chi connectivity index (χ3v) is 5.71. The number of benzene rings is 1. The predicted octanol–water partition coefficient (Wildman–Crippen LogP) is 2.81. The van der Waals surface area contributed by atoms with Crippen LogP contribution >= 0.6 is 0 Å². The first kappa shape index (κ1) is 13.1. The van der Waals surface area contributed by atoms with Gasteiger partial charge in [-0.1, -0.05) is 31.4 Å². The van der Waals surface area contributed by atoms with Crippen molar-refractivity contribution in [2.45, 2.75) is 43.1 Å². The van der Waals surface area contributed by atoms with Crippen LogP contribution in [0.3, 0.4) is 0 Å². The molecule has 0 aliphatic heterocycles. The molecule has 1 aliphatic rings. The molecule has 1 aromatic carbocycles. The van der Waals surface area contributed by atoms with Crippen molar-refractivity contribution < 1.29 is 8.42 Å². The summed E-state index contributed by atoms with van der Waals surface area (Å²) >= 11 is 0. The van der Waals surface area contributed by atoms with E-state index in [0.29, 0.717) is 5.56 Å². The smallest absolute Gasteiger partial charge is 0.157 e. The zero-order valence-corrected chi connectivity index (χ0v) is 11.1. The second-order valence-corrected chi connectivity index (χ2v) is 7.16. The number of rotatable bonds is 3. The van der Waals surface area contributed by atoms with Crippen molar-refractivity contribution in [3.05, 3.63) is 35.4 Å². The van der Waals surface area contributed by atoms with E-state index in [4.69, 9.17) is 5.26 Å². The van der Waals surface area contributed by atoms with E-state index in [0.717, 1.165) is 37.7 Å². The lowest BCUT2D eigenvalue weighted by atomic mass is 10.0. The van der Waals surface area contributed by atoms with Crippen LogP contribution in [0.1, 0.15) is 43.2 Å². The topological polar surface area (TPSA) is 57.9 Å². The van der Waals surface area contributed by atoms with Gasteiger partial charge in [-0.15, -0.1) is 0 Å². The summed E-state index contributed by atoms with van der Waals surface area (Å²) in [6.45, 7) is 0. The van der Waals surface area contributed by atoms with E-state index in [2.05, 4.69) is 0 Å². The molecule has 18 heavy (non-hydrogen) atoms. The molecule has 3 nitrogen and oxygen atoms in total. The Kier molecular flexibility index (Phi) is 4.03. The van der Waals surface area contributed by atoms with E-state index < -0.39 is 9.84 Å². The van der Waals surface area contributed by atoms with E-state index in [-0.39, 0.29) is 11.0 Å². The lowest BCUT2D eigenvalue weighted by Crippen LogP contribution is -2.25. The van der Waals surface area contributed by atoms with Crippen molar-refractivity contribution in [1.82, 2.24) is 0 Å². The first-order valence-corrected chi connectivity index (χ1v) is 8.04. The summed E-state index contributed by atoms with van der Waals surface area (Å²) in [5, 5.41) is 8.63. The first-order chi connectivity index (χ1) is 8.62. The summed E-state index contributed by atoms with van der Waals surface area (Å²) in [4.78, 5) is 0. The van der Waals surface area contributed by atoms with Crippen LogP contribution < -0.4 is 0 Å². The Morgan fingerprint density at radius 3 is 2.61 bits per heavy atom. The summed E-state index contributed by atoms with van der Waals surface area (Å²) in [5.41, 5.74) is 1.24. The summed E-state index contributed by atoms with van der Waals surface area (Å²) in [5.74, 6) is 0.0627. The highest BCUT2D eigenvalue weighted by atomic mass is 32.2. The van der Waals surface area contributed by atoms with Gasteiger partial charge in [-0.3, -0.25) is 0 Å². The third kappa shape index (κ3) is 3.11. The average Bonchev–Trinajstić information content (AvgIpc) is 2.39. The fourth-order valence-electron chi connectivity index (χ4n) is 2.51. The zero-order chi connectivity index (χ0) is 13.0. The summed E-state index contributed by atoms with van der Waals surface area (Å²) in [7, 11) is -3.07. The fraction of sp³-hybridized carbons (Fsp3) is 0.500. The molecular formula is C14H17NO2S. The third-order valence-electron chi connectivity index (χ3n) is 3.48. The predicted molar refractivity (Wildman–Crippen MR) is 70.7 cm³/mol. The minimum atomic E-state index is -3.07. The van der Waals surface area contributed by atoms with Gasteiger partial charge in [-0.25, -0.2) is 8.42 Å². The summed E-state index contributed by atoms with van der Waals surface area (Å²) in [6, 6.07) is 8.92. The summed E-state index contributed by atoms with van der Waals surface area (Å²) < 4.78 is 24.5. The van der Waals surface area contributed by atoms with Crippen LogP contribution in [0.5, 0.6) is 0 Å². The molecule has 2 rings (SSSR count). The second kappa shape index (κ2) is 5.53. The SMILES string of the molecule is N#Cc1cccc(CS(=O)(=O)C2CCCCC2)c1. The molecule has 0 atom stereocenters. The highest BCUT2D eigenvalue weighted by molar-refractivity contribution is 7.91. The Morgan fingerprint density at radius 1 is 1.22 bits per heavy atom. The molecule has 0 N–H and O–H groups in total.